The van der Waals surface area contributed by atoms with Crippen LogP contribution in [0.1, 0.15) is 18.4 Å². The van der Waals surface area contributed by atoms with Gasteiger partial charge >= 0.3 is 0 Å². The van der Waals surface area contributed by atoms with Gasteiger partial charge in [0.05, 0.1) is 6.54 Å². The van der Waals surface area contributed by atoms with E-state index in [0.29, 0.717) is 17.8 Å². The van der Waals surface area contributed by atoms with Crippen LogP contribution in [-0.2, 0) is 11.2 Å². The van der Waals surface area contributed by atoms with Crippen LogP contribution in [0.25, 0.3) is 0 Å². The van der Waals surface area contributed by atoms with Crippen LogP contribution in [0.3, 0.4) is 0 Å². The van der Waals surface area contributed by atoms with Gasteiger partial charge in [-0.25, -0.2) is 0 Å². The summed E-state index contributed by atoms with van der Waals surface area (Å²) in [4.78, 5) is 16.0. The number of thioether (sulfide) groups is 1. The van der Waals surface area contributed by atoms with Crippen molar-refractivity contribution in [3.05, 3.63) is 35.9 Å². The molecule has 0 aromatic heterocycles. The fourth-order valence-electron chi connectivity index (χ4n) is 2.45. The van der Waals surface area contributed by atoms with Gasteiger partial charge in [-0.05, 0) is 30.6 Å². The van der Waals surface area contributed by atoms with Gasteiger partial charge in [0.2, 0.25) is 5.91 Å². The average Bonchev–Trinajstić information content (AvgIpc) is 3.09. The van der Waals surface area contributed by atoms with E-state index in [4.69, 9.17) is 0 Å². The molecular formula is C17H27IN4OS. The fourth-order valence-corrected chi connectivity index (χ4v) is 3.66. The molecule has 24 heavy (non-hydrogen) atoms. The van der Waals surface area contributed by atoms with Crippen LogP contribution in [0.5, 0.6) is 0 Å². The van der Waals surface area contributed by atoms with E-state index in [9.17, 15) is 4.79 Å². The number of amides is 1. The maximum absolute atomic E-state index is 11.9. The summed E-state index contributed by atoms with van der Waals surface area (Å²) in [6, 6.07) is 10.1. The molecule has 0 bridgehead atoms. The van der Waals surface area contributed by atoms with Crippen LogP contribution in [0.15, 0.2) is 35.3 Å². The number of nitrogens with zero attached hydrogens (tertiary/aromatic N) is 1. The number of carbonyl (C=O) groups excluding carboxylic acids is 1. The van der Waals surface area contributed by atoms with Crippen LogP contribution in [0.2, 0.25) is 0 Å². The number of guanidine groups is 1. The molecule has 0 aliphatic carbocycles. The van der Waals surface area contributed by atoms with Crippen molar-refractivity contribution >= 4 is 47.6 Å². The molecule has 1 unspecified atom stereocenters. The first kappa shape index (κ1) is 21.1. The van der Waals surface area contributed by atoms with E-state index < -0.39 is 0 Å². The van der Waals surface area contributed by atoms with Crippen molar-refractivity contribution in [3.63, 3.8) is 0 Å². The predicted molar refractivity (Wildman–Crippen MR) is 113 cm³/mol. The third kappa shape index (κ3) is 8.23. The van der Waals surface area contributed by atoms with E-state index >= 15 is 0 Å². The Balaban J connectivity index is 0.00000288. The molecule has 1 aliphatic heterocycles. The molecule has 2 rings (SSSR count). The molecule has 1 saturated heterocycles. The largest absolute Gasteiger partial charge is 0.355 e. The van der Waals surface area contributed by atoms with Crippen molar-refractivity contribution in [1.82, 2.24) is 16.0 Å². The first-order chi connectivity index (χ1) is 11.3. The molecule has 7 heteroatoms. The lowest BCUT2D eigenvalue weighted by Gasteiger charge is -2.14. The Labute approximate surface area is 165 Å². The minimum absolute atomic E-state index is 0. The normalized spacial score (nSPS) is 17.0. The molecule has 5 nitrogen and oxygen atoms in total. The lowest BCUT2D eigenvalue weighted by Crippen LogP contribution is -2.44. The van der Waals surface area contributed by atoms with Crippen molar-refractivity contribution in [1.29, 1.82) is 0 Å². The number of hydrogen-bond acceptors (Lipinski definition) is 3. The summed E-state index contributed by atoms with van der Waals surface area (Å²) in [5, 5.41) is 9.93. The van der Waals surface area contributed by atoms with Gasteiger partial charge in [0, 0.05) is 25.4 Å². The molecule has 1 aromatic carbocycles. The Morgan fingerprint density at radius 3 is 2.71 bits per heavy atom. The van der Waals surface area contributed by atoms with Gasteiger partial charge in [0.15, 0.2) is 5.96 Å². The summed E-state index contributed by atoms with van der Waals surface area (Å²) in [7, 11) is 1.73. The summed E-state index contributed by atoms with van der Waals surface area (Å²) >= 11 is 2.00. The first-order valence-electron chi connectivity index (χ1n) is 8.14. The van der Waals surface area contributed by atoms with E-state index in [1.807, 2.05) is 30.0 Å². The molecule has 1 aliphatic rings. The third-order valence-corrected chi connectivity index (χ3v) is 5.14. The quantitative estimate of drug-likeness (QED) is 0.330. The highest BCUT2D eigenvalue weighted by Crippen LogP contribution is 2.25. The molecule has 1 aromatic rings. The number of hydrogen-bond donors (Lipinski definition) is 3. The second-order valence-corrected chi connectivity index (χ2v) is 6.94. The average molecular weight is 462 g/mol. The molecule has 0 spiro atoms. The number of carbonyl (C=O) groups is 1. The highest BCUT2D eigenvalue weighted by Gasteiger charge is 2.15. The predicted octanol–water partition coefficient (Wildman–Crippen LogP) is 2.02. The highest BCUT2D eigenvalue weighted by molar-refractivity contribution is 14.0. The Morgan fingerprint density at radius 2 is 2.04 bits per heavy atom. The summed E-state index contributed by atoms with van der Waals surface area (Å²) in [6.45, 7) is 1.79. The van der Waals surface area contributed by atoms with E-state index in [1.165, 1.54) is 24.2 Å². The monoisotopic (exact) mass is 462 g/mol. The number of aliphatic imine (C=N–C) groups is 1. The maximum Gasteiger partial charge on any atom is 0.239 e. The van der Waals surface area contributed by atoms with Gasteiger partial charge in [-0.2, -0.15) is 11.8 Å². The molecule has 1 heterocycles. The van der Waals surface area contributed by atoms with Crippen LogP contribution >= 0.6 is 35.7 Å². The highest BCUT2D eigenvalue weighted by atomic mass is 127. The summed E-state index contributed by atoms with van der Waals surface area (Å²) in [5.41, 5.74) is 1.23. The van der Waals surface area contributed by atoms with Crippen molar-refractivity contribution in [2.75, 3.05) is 32.4 Å². The van der Waals surface area contributed by atoms with Crippen LogP contribution in [0, 0.1) is 0 Å². The number of halogens is 1. The summed E-state index contributed by atoms with van der Waals surface area (Å²) in [6.07, 6.45) is 3.40. The SMILES string of the molecule is CN=C(NCC(=O)NCCc1ccccc1)NCC1CCCS1.I. The number of benzene rings is 1. The standard InChI is InChI=1S/C17H26N4OS.HI/c1-18-17(20-12-15-8-5-11-23-15)21-13-16(22)19-10-9-14-6-3-2-4-7-14;/h2-4,6-7,15H,5,8-13H2,1H3,(H,19,22)(H2,18,20,21);1H. The Hall–Kier alpha value is -0.960. The maximum atomic E-state index is 11.9. The Bertz CT molecular complexity index is 507. The zero-order valence-electron chi connectivity index (χ0n) is 14.1. The van der Waals surface area contributed by atoms with E-state index in [1.54, 1.807) is 7.05 Å². The smallest absolute Gasteiger partial charge is 0.239 e. The zero-order chi connectivity index (χ0) is 16.3. The molecular weight excluding hydrogens is 435 g/mol. The Morgan fingerprint density at radius 1 is 1.25 bits per heavy atom. The minimum Gasteiger partial charge on any atom is -0.355 e. The van der Waals surface area contributed by atoms with Gasteiger partial charge < -0.3 is 16.0 Å². The lowest BCUT2D eigenvalue weighted by molar-refractivity contribution is -0.119. The lowest BCUT2D eigenvalue weighted by atomic mass is 10.1. The minimum atomic E-state index is -0.0147. The van der Waals surface area contributed by atoms with Crippen molar-refractivity contribution in [3.8, 4) is 0 Å². The topological polar surface area (TPSA) is 65.5 Å². The van der Waals surface area contributed by atoms with Crippen molar-refractivity contribution < 1.29 is 4.79 Å². The van der Waals surface area contributed by atoms with Crippen LogP contribution < -0.4 is 16.0 Å². The molecule has 0 radical (unpaired) electrons. The molecule has 1 amide bonds. The van der Waals surface area contributed by atoms with Gasteiger partial charge in [-0.1, -0.05) is 30.3 Å². The van der Waals surface area contributed by atoms with Crippen LogP contribution in [0.4, 0.5) is 0 Å². The number of rotatable bonds is 7. The molecule has 134 valence electrons. The number of nitrogens with one attached hydrogen (secondary N) is 3. The Kier molecular flexibility index (Phi) is 10.9. The van der Waals surface area contributed by atoms with Crippen molar-refractivity contribution in [2.45, 2.75) is 24.5 Å². The van der Waals surface area contributed by atoms with Gasteiger partial charge in [-0.15, -0.1) is 24.0 Å². The van der Waals surface area contributed by atoms with Crippen LogP contribution in [-0.4, -0.2) is 49.6 Å². The fraction of sp³-hybridized carbons (Fsp3) is 0.529. The van der Waals surface area contributed by atoms with Gasteiger partial charge in [0.25, 0.3) is 0 Å². The summed E-state index contributed by atoms with van der Waals surface area (Å²) < 4.78 is 0. The van der Waals surface area contributed by atoms with E-state index in [0.717, 1.165) is 13.0 Å². The molecule has 3 N–H and O–H groups in total. The van der Waals surface area contributed by atoms with E-state index in [2.05, 4.69) is 33.1 Å². The third-order valence-electron chi connectivity index (χ3n) is 3.74. The second-order valence-electron chi connectivity index (χ2n) is 5.53. The van der Waals surface area contributed by atoms with Crippen molar-refractivity contribution in [2.24, 2.45) is 4.99 Å². The second kappa shape index (κ2) is 12.4. The van der Waals surface area contributed by atoms with Gasteiger partial charge in [-0.3, -0.25) is 9.79 Å². The van der Waals surface area contributed by atoms with Gasteiger partial charge in [0.1, 0.15) is 0 Å². The zero-order valence-corrected chi connectivity index (χ0v) is 17.2. The van der Waals surface area contributed by atoms with E-state index in [-0.39, 0.29) is 36.4 Å². The molecule has 1 fully saturated rings. The molecule has 0 saturated carbocycles. The summed E-state index contributed by atoms with van der Waals surface area (Å²) in [5.74, 6) is 1.93. The first-order valence-corrected chi connectivity index (χ1v) is 9.19. The molecule has 1 atom stereocenters.